The molecule has 98 valence electrons. The third kappa shape index (κ3) is 2.06. The molecule has 0 spiro atoms. The number of carbonyl (C=O) groups excluding carboxylic acids is 1. The van der Waals surface area contributed by atoms with Crippen LogP contribution in [0.2, 0.25) is 0 Å². The van der Waals surface area contributed by atoms with Crippen molar-refractivity contribution in [3.8, 4) is 0 Å². The highest BCUT2D eigenvalue weighted by atomic mass is 16.2. The number of rotatable bonds is 2. The Morgan fingerprint density at radius 2 is 2.21 bits per heavy atom. The molecular formula is C14H16N4O. The Kier molecular flexibility index (Phi) is 3.13. The van der Waals surface area contributed by atoms with Crippen LogP contribution in [-0.4, -0.2) is 39.9 Å². The third-order valence-electron chi connectivity index (χ3n) is 3.64. The number of carbonyl (C=O) groups is 1. The van der Waals surface area contributed by atoms with Gasteiger partial charge in [-0.1, -0.05) is 6.07 Å². The van der Waals surface area contributed by atoms with Gasteiger partial charge in [-0.15, -0.1) is 0 Å². The number of likely N-dealkylation sites (tertiary alicyclic amines) is 1. The minimum Gasteiger partial charge on any atom is -0.334 e. The van der Waals surface area contributed by atoms with Gasteiger partial charge in [-0.3, -0.25) is 14.8 Å². The van der Waals surface area contributed by atoms with Crippen molar-refractivity contribution in [3.63, 3.8) is 0 Å². The van der Waals surface area contributed by atoms with Crippen molar-refractivity contribution in [2.24, 2.45) is 5.73 Å². The van der Waals surface area contributed by atoms with Crippen LogP contribution in [0.25, 0.3) is 11.0 Å². The summed E-state index contributed by atoms with van der Waals surface area (Å²) in [5.41, 5.74) is 7.76. The zero-order chi connectivity index (χ0) is 13.2. The Labute approximate surface area is 111 Å². The van der Waals surface area contributed by atoms with Crippen LogP contribution in [0.3, 0.4) is 0 Å². The largest absolute Gasteiger partial charge is 0.334 e. The molecule has 1 unspecified atom stereocenters. The molecule has 0 saturated carbocycles. The lowest BCUT2D eigenvalue weighted by Crippen LogP contribution is -2.40. The summed E-state index contributed by atoms with van der Waals surface area (Å²) in [6, 6.07) is 5.67. The van der Waals surface area contributed by atoms with Crippen molar-refractivity contribution in [3.05, 3.63) is 36.2 Å². The van der Waals surface area contributed by atoms with Gasteiger partial charge in [-0.2, -0.15) is 0 Å². The number of nitrogens with zero attached hydrogens (tertiary/aromatic N) is 3. The van der Waals surface area contributed by atoms with E-state index >= 15 is 0 Å². The summed E-state index contributed by atoms with van der Waals surface area (Å²) < 4.78 is 0. The number of hydrogen-bond acceptors (Lipinski definition) is 4. The first-order valence-electron chi connectivity index (χ1n) is 6.52. The first-order chi connectivity index (χ1) is 9.31. The fourth-order valence-corrected chi connectivity index (χ4v) is 2.67. The predicted octanol–water partition coefficient (Wildman–Crippen LogP) is 1.19. The molecular weight excluding hydrogens is 240 g/mol. The maximum Gasteiger partial charge on any atom is 0.256 e. The van der Waals surface area contributed by atoms with E-state index in [0.29, 0.717) is 17.6 Å². The van der Waals surface area contributed by atoms with Gasteiger partial charge in [-0.25, -0.2) is 0 Å². The molecule has 1 fully saturated rings. The smallest absolute Gasteiger partial charge is 0.256 e. The van der Waals surface area contributed by atoms with Crippen LogP contribution in [0, 0.1) is 0 Å². The van der Waals surface area contributed by atoms with Gasteiger partial charge in [0.15, 0.2) is 0 Å². The van der Waals surface area contributed by atoms with Crippen molar-refractivity contribution in [2.45, 2.75) is 18.9 Å². The van der Waals surface area contributed by atoms with Crippen molar-refractivity contribution in [2.75, 3.05) is 13.1 Å². The molecule has 1 aromatic heterocycles. The monoisotopic (exact) mass is 256 g/mol. The summed E-state index contributed by atoms with van der Waals surface area (Å²) in [5.74, 6) is 0.0130. The third-order valence-corrected chi connectivity index (χ3v) is 3.64. The van der Waals surface area contributed by atoms with E-state index in [4.69, 9.17) is 5.73 Å². The molecule has 19 heavy (non-hydrogen) atoms. The number of fused-ring (bicyclic) bond motifs is 1. The van der Waals surface area contributed by atoms with E-state index in [9.17, 15) is 4.79 Å². The number of hydrogen-bond donors (Lipinski definition) is 1. The molecule has 1 amide bonds. The molecule has 0 bridgehead atoms. The van der Waals surface area contributed by atoms with E-state index in [0.717, 1.165) is 24.9 Å². The van der Waals surface area contributed by atoms with Crippen molar-refractivity contribution in [1.82, 2.24) is 14.9 Å². The number of nitrogens with two attached hydrogens (primary N) is 1. The Hall–Kier alpha value is -2.01. The lowest BCUT2D eigenvalue weighted by molar-refractivity contribution is 0.0743. The van der Waals surface area contributed by atoms with Gasteiger partial charge in [0, 0.05) is 31.5 Å². The van der Waals surface area contributed by atoms with E-state index < -0.39 is 0 Å². The number of para-hydroxylation sites is 1. The van der Waals surface area contributed by atoms with Gasteiger partial charge in [0.1, 0.15) is 5.52 Å². The topological polar surface area (TPSA) is 72.1 Å². The Morgan fingerprint density at radius 1 is 1.37 bits per heavy atom. The molecule has 1 aromatic carbocycles. The van der Waals surface area contributed by atoms with Crippen LogP contribution in [-0.2, 0) is 0 Å². The van der Waals surface area contributed by atoms with Crippen molar-refractivity contribution >= 4 is 16.9 Å². The second kappa shape index (κ2) is 4.93. The summed E-state index contributed by atoms with van der Waals surface area (Å²) in [5, 5.41) is 0. The highest BCUT2D eigenvalue weighted by Gasteiger charge is 2.29. The average molecular weight is 256 g/mol. The number of amides is 1. The zero-order valence-corrected chi connectivity index (χ0v) is 10.6. The molecule has 2 heterocycles. The molecule has 1 aliphatic rings. The molecule has 0 aliphatic carbocycles. The Bertz CT molecular complexity index is 608. The molecule has 1 saturated heterocycles. The van der Waals surface area contributed by atoms with Gasteiger partial charge in [0.05, 0.1) is 11.1 Å². The molecule has 3 rings (SSSR count). The maximum atomic E-state index is 12.6. The lowest BCUT2D eigenvalue weighted by atomic mass is 10.1. The SMILES string of the molecule is NCC1CCCN1C(=O)c1cccc2nccnc12. The summed E-state index contributed by atoms with van der Waals surface area (Å²) in [4.78, 5) is 23.0. The average Bonchev–Trinajstić information content (AvgIpc) is 2.94. The van der Waals surface area contributed by atoms with E-state index in [2.05, 4.69) is 9.97 Å². The van der Waals surface area contributed by atoms with E-state index in [1.54, 1.807) is 12.4 Å². The van der Waals surface area contributed by atoms with E-state index in [1.807, 2.05) is 23.1 Å². The van der Waals surface area contributed by atoms with E-state index in [-0.39, 0.29) is 11.9 Å². The maximum absolute atomic E-state index is 12.6. The first kappa shape index (κ1) is 12.0. The van der Waals surface area contributed by atoms with Gasteiger partial charge < -0.3 is 10.6 Å². The standard InChI is InChI=1S/C14H16N4O/c15-9-10-3-2-8-18(10)14(19)11-4-1-5-12-13(11)17-7-6-16-12/h1,4-7,10H,2-3,8-9,15H2. The summed E-state index contributed by atoms with van der Waals surface area (Å²) in [6.07, 6.45) is 5.25. The minimum atomic E-state index is 0.0130. The Morgan fingerprint density at radius 3 is 3.05 bits per heavy atom. The zero-order valence-electron chi connectivity index (χ0n) is 10.6. The second-order valence-electron chi connectivity index (χ2n) is 4.76. The highest BCUT2D eigenvalue weighted by Crippen LogP contribution is 2.22. The van der Waals surface area contributed by atoms with Crippen LogP contribution in [0.15, 0.2) is 30.6 Å². The fraction of sp³-hybridized carbons (Fsp3) is 0.357. The first-order valence-corrected chi connectivity index (χ1v) is 6.52. The second-order valence-corrected chi connectivity index (χ2v) is 4.76. The predicted molar refractivity (Wildman–Crippen MR) is 72.7 cm³/mol. The molecule has 5 nitrogen and oxygen atoms in total. The van der Waals surface area contributed by atoms with Gasteiger partial charge >= 0.3 is 0 Å². The highest BCUT2D eigenvalue weighted by molar-refractivity contribution is 6.04. The fourth-order valence-electron chi connectivity index (χ4n) is 2.67. The van der Waals surface area contributed by atoms with Crippen molar-refractivity contribution < 1.29 is 4.79 Å². The van der Waals surface area contributed by atoms with Crippen LogP contribution in [0.4, 0.5) is 0 Å². The quantitative estimate of drug-likeness (QED) is 0.876. The summed E-state index contributed by atoms with van der Waals surface area (Å²) in [7, 11) is 0. The van der Waals surface area contributed by atoms with Crippen LogP contribution in [0.1, 0.15) is 23.2 Å². The van der Waals surface area contributed by atoms with Gasteiger partial charge in [-0.05, 0) is 25.0 Å². The summed E-state index contributed by atoms with van der Waals surface area (Å²) >= 11 is 0. The Balaban J connectivity index is 2.02. The summed E-state index contributed by atoms with van der Waals surface area (Å²) in [6.45, 7) is 1.29. The van der Waals surface area contributed by atoms with Crippen LogP contribution in [0.5, 0.6) is 0 Å². The number of aromatic nitrogens is 2. The lowest BCUT2D eigenvalue weighted by Gasteiger charge is -2.23. The van der Waals surface area contributed by atoms with E-state index in [1.165, 1.54) is 0 Å². The van der Waals surface area contributed by atoms with Gasteiger partial charge in [0.2, 0.25) is 0 Å². The molecule has 1 atom stereocenters. The van der Waals surface area contributed by atoms with Crippen LogP contribution < -0.4 is 5.73 Å². The molecule has 1 aliphatic heterocycles. The molecule has 0 radical (unpaired) electrons. The number of benzene rings is 1. The normalized spacial score (nSPS) is 19.0. The molecule has 2 N–H and O–H groups in total. The van der Waals surface area contributed by atoms with Crippen molar-refractivity contribution in [1.29, 1.82) is 0 Å². The molecule has 5 heteroatoms. The van der Waals surface area contributed by atoms with Crippen LogP contribution >= 0.6 is 0 Å². The van der Waals surface area contributed by atoms with Gasteiger partial charge in [0.25, 0.3) is 5.91 Å². The minimum absolute atomic E-state index is 0.0130. The molecule has 2 aromatic rings.